The first kappa shape index (κ1) is 17.5. The van der Waals surface area contributed by atoms with Gasteiger partial charge in [0.15, 0.2) is 5.65 Å². The number of hydrogen-bond acceptors (Lipinski definition) is 6. The summed E-state index contributed by atoms with van der Waals surface area (Å²) in [6.07, 6.45) is -2.01. The molecule has 1 saturated heterocycles. The van der Waals surface area contributed by atoms with Gasteiger partial charge in [0.2, 0.25) is 5.95 Å². The van der Waals surface area contributed by atoms with E-state index >= 15 is 0 Å². The standard InChI is InChI=1S/C16H15F3N6O2/c1-9-6-12(16(17,18)19)20-7-11(9)25-8-10-13(23-25)21-15(22-14(10)26)24-2-4-27-5-3-24/h6-8H,2-5H2,1H3,(H,21,22,23,26). The van der Waals surface area contributed by atoms with Crippen molar-refractivity contribution >= 4 is 17.0 Å². The summed E-state index contributed by atoms with van der Waals surface area (Å²) in [4.78, 5) is 24.8. The lowest BCUT2D eigenvalue weighted by atomic mass is 10.2. The highest BCUT2D eigenvalue weighted by molar-refractivity contribution is 5.74. The summed E-state index contributed by atoms with van der Waals surface area (Å²) in [5, 5.41) is 4.50. The molecule has 3 aromatic heterocycles. The SMILES string of the molecule is Cc1cc(C(F)(F)F)ncc1-n1cc2c(=O)[nH]c(N3CCOCC3)nc2n1. The second-order valence-electron chi connectivity index (χ2n) is 6.15. The van der Waals surface area contributed by atoms with Crippen molar-refractivity contribution in [3.8, 4) is 5.69 Å². The van der Waals surface area contributed by atoms with Crippen LogP contribution < -0.4 is 10.5 Å². The maximum Gasteiger partial charge on any atom is 0.433 e. The molecule has 3 aromatic rings. The lowest BCUT2D eigenvalue weighted by Gasteiger charge is -2.26. The van der Waals surface area contributed by atoms with Crippen molar-refractivity contribution < 1.29 is 17.9 Å². The summed E-state index contributed by atoms with van der Waals surface area (Å²) < 4.78 is 45.0. The Morgan fingerprint density at radius 2 is 2.00 bits per heavy atom. The zero-order valence-electron chi connectivity index (χ0n) is 14.2. The number of rotatable bonds is 2. The van der Waals surface area contributed by atoms with Gasteiger partial charge < -0.3 is 9.64 Å². The number of anilines is 1. The molecular weight excluding hydrogens is 365 g/mol. The van der Waals surface area contributed by atoms with E-state index in [1.165, 1.54) is 17.8 Å². The van der Waals surface area contributed by atoms with Gasteiger partial charge in [-0.15, -0.1) is 5.10 Å². The molecule has 0 unspecified atom stereocenters. The number of halogens is 3. The molecule has 0 bridgehead atoms. The highest BCUT2D eigenvalue weighted by Gasteiger charge is 2.32. The van der Waals surface area contributed by atoms with Crippen LogP contribution in [-0.2, 0) is 10.9 Å². The molecule has 142 valence electrons. The largest absolute Gasteiger partial charge is 0.433 e. The molecule has 8 nitrogen and oxygen atoms in total. The molecule has 11 heteroatoms. The number of H-pyrrole nitrogens is 1. The lowest BCUT2D eigenvalue weighted by Crippen LogP contribution is -2.38. The summed E-state index contributed by atoms with van der Waals surface area (Å²) in [6, 6.07) is 0.943. The van der Waals surface area contributed by atoms with Gasteiger partial charge in [-0.25, -0.2) is 9.67 Å². The number of morpholine rings is 1. The van der Waals surface area contributed by atoms with E-state index in [0.717, 1.165) is 12.3 Å². The second kappa shape index (κ2) is 6.34. The summed E-state index contributed by atoms with van der Waals surface area (Å²) >= 11 is 0. The number of aromatic amines is 1. The molecule has 27 heavy (non-hydrogen) atoms. The van der Waals surface area contributed by atoms with Crippen LogP contribution in [0.1, 0.15) is 11.3 Å². The van der Waals surface area contributed by atoms with Crippen molar-refractivity contribution in [2.75, 3.05) is 31.2 Å². The Labute approximate surface area is 150 Å². The third-order valence-corrected chi connectivity index (χ3v) is 4.31. The molecule has 4 rings (SSSR count). The Kier molecular flexibility index (Phi) is 4.10. The number of aryl methyl sites for hydroxylation is 1. The molecule has 0 aliphatic carbocycles. The first-order chi connectivity index (χ1) is 12.8. The number of pyridine rings is 1. The Hall–Kier alpha value is -2.95. The van der Waals surface area contributed by atoms with Crippen molar-refractivity contribution in [3.05, 3.63) is 40.1 Å². The monoisotopic (exact) mass is 380 g/mol. The molecule has 0 aromatic carbocycles. The van der Waals surface area contributed by atoms with E-state index in [4.69, 9.17) is 4.74 Å². The highest BCUT2D eigenvalue weighted by Crippen LogP contribution is 2.29. The Morgan fingerprint density at radius 3 is 2.67 bits per heavy atom. The average molecular weight is 380 g/mol. The fourth-order valence-corrected chi connectivity index (χ4v) is 2.90. The molecule has 0 atom stereocenters. The maximum absolute atomic E-state index is 12.8. The number of aromatic nitrogens is 5. The van der Waals surface area contributed by atoms with Crippen LogP contribution in [0.5, 0.6) is 0 Å². The van der Waals surface area contributed by atoms with Crippen LogP contribution in [-0.4, -0.2) is 51.0 Å². The van der Waals surface area contributed by atoms with Gasteiger partial charge in [0, 0.05) is 19.3 Å². The van der Waals surface area contributed by atoms with Gasteiger partial charge in [0.05, 0.1) is 25.1 Å². The van der Waals surface area contributed by atoms with Crippen LogP contribution in [0.2, 0.25) is 0 Å². The zero-order valence-corrected chi connectivity index (χ0v) is 14.2. The summed E-state index contributed by atoms with van der Waals surface area (Å²) in [7, 11) is 0. The van der Waals surface area contributed by atoms with Gasteiger partial charge in [-0.3, -0.25) is 9.78 Å². The predicted octanol–water partition coefficient (Wildman–Crippen LogP) is 1.67. The predicted molar refractivity (Wildman–Crippen MR) is 90.1 cm³/mol. The van der Waals surface area contributed by atoms with Gasteiger partial charge >= 0.3 is 6.18 Å². The molecule has 0 amide bonds. The van der Waals surface area contributed by atoms with E-state index in [1.54, 1.807) is 0 Å². The van der Waals surface area contributed by atoms with Crippen molar-refractivity contribution in [3.63, 3.8) is 0 Å². The van der Waals surface area contributed by atoms with Crippen LogP contribution in [0, 0.1) is 6.92 Å². The van der Waals surface area contributed by atoms with Gasteiger partial charge in [-0.1, -0.05) is 0 Å². The highest BCUT2D eigenvalue weighted by atomic mass is 19.4. The van der Waals surface area contributed by atoms with Crippen LogP contribution in [0.15, 0.2) is 23.3 Å². The van der Waals surface area contributed by atoms with E-state index in [2.05, 4.69) is 20.1 Å². The minimum absolute atomic E-state index is 0.208. The lowest BCUT2D eigenvalue weighted by molar-refractivity contribution is -0.141. The molecule has 1 aliphatic rings. The summed E-state index contributed by atoms with van der Waals surface area (Å²) in [5.41, 5.74) is -0.473. The Morgan fingerprint density at radius 1 is 1.26 bits per heavy atom. The van der Waals surface area contributed by atoms with E-state index in [0.29, 0.717) is 43.5 Å². The Bertz CT molecular complexity index is 1050. The fraction of sp³-hybridized carbons (Fsp3) is 0.375. The number of nitrogens with zero attached hydrogens (tertiary/aromatic N) is 5. The molecule has 0 spiro atoms. The van der Waals surface area contributed by atoms with Crippen LogP contribution >= 0.6 is 0 Å². The molecule has 0 saturated carbocycles. The van der Waals surface area contributed by atoms with Gasteiger partial charge in [0.1, 0.15) is 11.1 Å². The van der Waals surface area contributed by atoms with E-state index in [-0.39, 0.29) is 16.6 Å². The number of alkyl halides is 3. The molecule has 1 fully saturated rings. The number of ether oxygens (including phenoxy) is 1. The van der Waals surface area contributed by atoms with Crippen molar-refractivity contribution in [2.45, 2.75) is 13.1 Å². The first-order valence-electron chi connectivity index (χ1n) is 8.19. The third-order valence-electron chi connectivity index (χ3n) is 4.31. The quantitative estimate of drug-likeness (QED) is 0.728. The zero-order chi connectivity index (χ0) is 19.2. The smallest absolute Gasteiger partial charge is 0.378 e. The Balaban J connectivity index is 1.75. The normalized spacial score (nSPS) is 15.5. The number of nitrogens with one attached hydrogen (secondary N) is 1. The minimum atomic E-state index is -4.52. The molecule has 1 N–H and O–H groups in total. The number of hydrogen-bond donors (Lipinski definition) is 1. The van der Waals surface area contributed by atoms with Crippen LogP contribution in [0.4, 0.5) is 19.1 Å². The number of fused-ring (bicyclic) bond motifs is 1. The molecule has 1 aliphatic heterocycles. The summed E-state index contributed by atoms with van der Waals surface area (Å²) in [5.74, 6) is 0.392. The molecule has 0 radical (unpaired) electrons. The van der Waals surface area contributed by atoms with Crippen LogP contribution in [0.3, 0.4) is 0 Å². The third kappa shape index (κ3) is 3.25. The summed E-state index contributed by atoms with van der Waals surface area (Å²) in [6.45, 7) is 3.78. The van der Waals surface area contributed by atoms with Gasteiger partial charge in [0.25, 0.3) is 5.56 Å². The van der Waals surface area contributed by atoms with E-state index in [9.17, 15) is 18.0 Å². The average Bonchev–Trinajstić information content (AvgIpc) is 3.06. The van der Waals surface area contributed by atoms with E-state index in [1.807, 2.05) is 4.90 Å². The topological polar surface area (TPSA) is 88.9 Å². The van der Waals surface area contributed by atoms with Crippen molar-refractivity contribution in [1.29, 1.82) is 0 Å². The fourth-order valence-electron chi connectivity index (χ4n) is 2.90. The first-order valence-corrected chi connectivity index (χ1v) is 8.19. The van der Waals surface area contributed by atoms with Crippen LogP contribution in [0.25, 0.3) is 16.7 Å². The van der Waals surface area contributed by atoms with Crippen molar-refractivity contribution in [2.24, 2.45) is 0 Å². The van der Waals surface area contributed by atoms with E-state index < -0.39 is 11.9 Å². The van der Waals surface area contributed by atoms with Crippen molar-refractivity contribution in [1.82, 2.24) is 24.7 Å². The minimum Gasteiger partial charge on any atom is -0.378 e. The molecule has 4 heterocycles. The maximum atomic E-state index is 12.8. The second-order valence-corrected chi connectivity index (χ2v) is 6.15. The molecular formula is C16H15F3N6O2. The van der Waals surface area contributed by atoms with Gasteiger partial charge in [-0.2, -0.15) is 18.2 Å². The van der Waals surface area contributed by atoms with Gasteiger partial charge in [-0.05, 0) is 18.6 Å².